The second kappa shape index (κ2) is 3.21. The summed E-state index contributed by atoms with van der Waals surface area (Å²) >= 11 is 0. The molecule has 2 fully saturated rings. The fourth-order valence-electron chi connectivity index (χ4n) is 2.37. The van der Waals surface area contributed by atoms with E-state index in [1.807, 2.05) is 4.90 Å². The summed E-state index contributed by atoms with van der Waals surface area (Å²) in [5.74, 6) is 0.337. The van der Waals surface area contributed by atoms with Crippen LogP contribution in [0.25, 0.3) is 0 Å². The van der Waals surface area contributed by atoms with Crippen LogP contribution in [0.1, 0.15) is 47.0 Å². The van der Waals surface area contributed by atoms with Gasteiger partial charge in [0.2, 0.25) is 5.91 Å². The topological polar surface area (TPSA) is 32.3 Å². The van der Waals surface area contributed by atoms with Crippen LogP contribution in [-0.4, -0.2) is 29.1 Å². The number of rotatable bonds is 2. The van der Waals surface area contributed by atoms with Crippen molar-refractivity contribution in [2.75, 3.05) is 6.54 Å². The molecular weight excluding hydrogens is 188 g/mol. The minimum Gasteiger partial charge on any atom is -0.325 e. The Balaban J connectivity index is 2.11. The average molecular weight is 210 g/mol. The van der Waals surface area contributed by atoms with E-state index in [9.17, 15) is 4.79 Å². The molecule has 3 heteroatoms. The number of hydrogen-bond acceptors (Lipinski definition) is 2. The molecule has 0 aromatic carbocycles. The van der Waals surface area contributed by atoms with E-state index in [1.165, 1.54) is 0 Å². The summed E-state index contributed by atoms with van der Waals surface area (Å²) in [6.45, 7) is 9.56. The van der Waals surface area contributed by atoms with Gasteiger partial charge in [0, 0.05) is 6.54 Å². The lowest BCUT2D eigenvalue weighted by molar-refractivity contribution is -0.132. The highest BCUT2D eigenvalue weighted by atomic mass is 16.2. The van der Waals surface area contributed by atoms with Crippen LogP contribution < -0.4 is 5.32 Å². The van der Waals surface area contributed by atoms with Gasteiger partial charge in [-0.2, -0.15) is 0 Å². The lowest BCUT2D eigenvalue weighted by Crippen LogP contribution is -2.41. The van der Waals surface area contributed by atoms with Gasteiger partial charge >= 0.3 is 0 Å². The Morgan fingerprint density at radius 3 is 2.47 bits per heavy atom. The molecule has 0 bridgehead atoms. The number of carbonyl (C=O) groups excluding carboxylic acids is 1. The molecule has 3 nitrogen and oxygen atoms in total. The lowest BCUT2D eigenvalue weighted by atomic mass is 9.95. The van der Waals surface area contributed by atoms with Crippen LogP contribution in [0.15, 0.2) is 0 Å². The summed E-state index contributed by atoms with van der Waals surface area (Å²) in [6, 6.07) is 0. The molecular formula is C12H22N2O. The number of nitrogens with one attached hydrogen (secondary N) is 1. The van der Waals surface area contributed by atoms with Crippen LogP contribution in [-0.2, 0) is 4.79 Å². The first-order chi connectivity index (χ1) is 6.88. The second-order valence-corrected chi connectivity index (χ2v) is 6.14. The Labute approximate surface area is 92.2 Å². The monoisotopic (exact) mass is 210 g/mol. The van der Waals surface area contributed by atoms with Gasteiger partial charge in [0.25, 0.3) is 0 Å². The molecule has 1 saturated heterocycles. The molecule has 1 atom stereocenters. The summed E-state index contributed by atoms with van der Waals surface area (Å²) in [5.41, 5.74) is 0.0388. The molecule has 0 aromatic rings. The van der Waals surface area contributed by atoms with E-state index in [0.29, 0.717) is 5.91 Å². The molecule has 1 aliphatic heterocycles. The Morgan fingerprint density at radius 1 is 1.47 bits per heavy atom. The van der Waals surface area contributed by atoms with Crippen LogP contribution in [0, 0.1) is 5.41 Å². The molecule has 1 aliphatic carbocycles. The molecule has 1 spiro atoms. The van der Waals surface area contributed by atoms with Crippen molar-refractivity contribution in [1.29, 1.82) is 0 Å². The Kier molecular flexibility index (Phi) is 2.34. The van der Waals surface area contributed by atoms with Crippen molar-refractivity contribution in [3.05, 3.63) is 0 Å². The molecule has 1 saturated carbocycles. The maximum Gasteiger partial charge on any atom is 0.244 e. The minimum atomic E-state index is -0.147. The van der Waals surface area contributed by atoms with Crippen molar-refractivity contribution in [3.63, 3.8) is 0 Å². The normalized spacial score (nSPS) is 28.9. The van der Waals surface area contributed by atoms with Gasteiger partial charge < -0.3 is 4.90 Å². The smallest absolute Gasteiger partial charge is 0.244 e. The van der Waals surface area contributed by atoms with E-state index in [-0.39, 0.29) is 17.1 Å². The molecule has 2 aliphatic rings. The maximum absolute atomic E-state index is 12.2. The van der Waals surface area contributed by atoms with E-state index < -0.39 is 0 Å². The van der Waals surface area contributed by atoms with E-state index in [2.05, 4.69) is 33.0 Å². The first-order valence-electron chi connectivity index (χ1n) is 5.97. The Bertz CT molecular complexity index is 276. The van der Waals surface area contributed by atoms with Crippen LogP contribution in [0.4, 0.5) is 0 Å². The quantitative estimate of drug-likeness (QED) is 0.753. The first kappa shape index (κ1) is 10.9. The third-order valence-electron chi connectivity index (χ3n) is 3.27. The molecule has 1 unspecified atom stereocenters. The summed E-state index contributed by atoms with van der Waals surface area (Å²) in [7, 11) is 0. The van der Waals surface area contributed by atoms with Crippen LogP contribution in [0.5, 0.6) is 0 Å². The van der Waals surface area contributed by atoms with Gasteiger partial charge in [0.05, 0.1) is 11.7 Å². The van der Waals surface area contributed by atoms with Crippen molar-refractivity contribution in [3.8, 4) is 0 Å². The van der Waals surface area contributed by atoms with E-state index in [4.69, 9.17) is 0 Å². The van der Waals surface area contributed by atoms with Crippen LogP contribution in [0.2, 0.25) is 0 Å². The SMILES string of the molecule is CCC1NC2(CC2)C(=O)N1CC(C)(C)C. The third kappa shape index (κ3) is 1.89. The Morgan fingerprint density at radius 2 is 2.07 bits per heavy atom. The van der Waals surface area contributed by atoms with Crippen molar-refractivity contribution in [2.24, 2.45) is 5.41 Å². The molecule has 86 valence electrons. The zero-order chi connectivity index (χ0) is 11.3. The molecule has 0 aromatic heterocycles. The highest BCUT2D eigenvalue weighted by molar-refractivity contribution is 5.91. The van der Waals surface area contributed by atoms with Gasteiger partial charge in [-0.1, -0.05) is 27.7 Å². The first-order valence-corrected chi connectivity index (χ1v) is 5.97. The fraction of sp³-hybridized carbons (Fsp3) is 0.917. The highest BCUT2D eigenvalue weighted by Gasteiger charge is 2.58. The largest absolute Gasteiger partial charge is 0.325 e. The van der Waals surface area contributed by atoms with Crippen LogP contribution in [0.3, 0.4) is 0 Å². The Hall–Kier alpha value is -0.570. The molecule has 2 rings (SSSR count). The van der Waals surface area contributed by atoms with Crippen molar-refractivity contribution >= 4 is 5.91 Å². The molecule has 1 N–H and O–H groups in total. The minimum absolute atomic E-state index is 0.147. The van der Waals surface area contributed by atoms with Crippen molar-refractivity contribution < 1.29 is 4.79 Å². The van der Waals surface area contributed by atoms with Crippen molar-refractivity contribution in [1.82, 2.24) is 10.2 Å². The average Bonchev–Trinajstić information content (AvgIpc) is 2.84. The number of nitrogens with zero attached hydrogens (tertiary/aromatic N) is 1. The van der Waals surface area contributed by atoms with Gasteiger partial charge in [-0.3, -0.25) is 10.1 Å². The zero-order valence-electron chi connectivity index (χ0n) is 10.3. The summed E-state index contributed by atoms with van der Waals surface area (Å²) in [5, 5.41) is 3.49. The standard InChI is InChI=1S/C12H22N2O/c1-5-9-13-12(6-7-12)10(15)14(9)8-11(2,3)4/h9,13H,5-8H2,1-4H3. The number of carbonyl (C=O) groups is 1. The number of hydrogen-bond donors (Lipinski definition) is 1. The van der Waals surface area contributed by atoms with Crippen LogP contribution >= 0.6 is 0 Å². The fourth-order valence-corrected chi connectivity index (χ4v) is 2.37. The van der Waals surface area contributed by atoms with Crippen molar-refractivity contribution in [2.45, 2.75) is 58.7 Å². The third-order valence-corrected chi connectivity index (χ3v) is 3.27. The van der Waals surface area contributed by atoms with E-state index in [0.717, 1.165) is 25.8 Å². The van der Waals surface area contributed by atoms with E-state index in [1.54, 1.807) is 0 Å². The van der Waals surface area contributed by atoms with E-state index >= 15 is 0 Å². The predicted molar refractivity (Wildman–Crippen MR) is 60.3 cm³/mol. The maximum atomic E-state index is 12.2. The van der Waals surface area contributed by atoms with Gasteiger partial charge in [-0.05, 0) is 24.7 Å². The molecule has 1 amide bonds. The van der Waals surface area contributed by atoms with Gasteiger partial charge in [0.15, 0.2) is 0 Å². The highest BCUT2D eigenvalue weighted by Crippen LogP contribution is 2.43. The summed E-state index contributed by atoms with van der Waals surface area (Å²) < 4.78 is 0. The zero-order valence-corrected chi connectivity index (χ0v) is 10.3. The molecule has 1 heterocycles. The van der Waals surface area contributed by atoms with Gasteiger partial charge in [-0.15, -0.1) is 0 Å². The molecule has 0 radical (unpaired) electrons. The van der Waals surface area contributed by atoms with Gasteiger partial charge in [0.1, 0.15) is 0 Å². The van der Waals surface area contributed by atoms with Gasteiger partial charge in [-0.25, -0.2) is 0 Å². The summed E-state index contributed by atoms with van der Waals surface area (Å²) in [4.78, 5) is 14.2. The molecule has 15 heavy (non-hydrogen) atoms. The predicted octanol–water partition coefficient (Wildman–Crippen LogP) is 1.73. The lowest BCUT2D eigenvalue weighted by Gasteiger charge is -2.30. The number of amides is 1. The second-order valence-electron chi connectivity index (χ2n) is 6.14. The summed E-state index contributed by atoms with van der Waals surface area (Å²) in [6.07, 6.45) is 3.33.